The Kier molecular flexibility index (Phi) is 5.13. The average Bonchev–Trinajstić information content (AvgIpc) is 2.78. The molecule has 1 fully saturated rings. The molecule has 1 aromatic heterocycles. The minimum Gasteiger partial charge on any atom is -0.268 e. The monoisotopic (exact) mass is 340 g/mol. The first-order valence-electron chi connectivity index (χ1n) is 8.41. The third-order valence-electron chi connectivity index (χ3n) is 4.54. The average molecular weight is 340 g/mol. The number of aromatic nitrogens is 2. The van der Waals surface area contributed by atoms with Crippen molar-refractivity contribution in [3.8, 4) is 0 Å². The van der Waals surface area contributed by atoms with Crippen LogP contribution in [0.3, 0.4) is 0 Å². The molecule has 0 atom stereocenters. The SMILES string of the molecule is O=c1cc2c(nn1CCNS(=O)(=O)N1CCCCCC1)CCC2. The molecule has 0 unspecified atom stereocenters. The Labute approximate surface area is 136 Å². The van der Waals surface area contributed by atoms with Crippen LogP contribution in [0.5, 0.6) is 0 Å². The molecule has 2 heterocycles. The molecule has 0 amide bonds. The predicted molar refractivity (Wildman–Crippen MR) is 87.5 cm³/mol. The topological polar surface area (TPSA) is 84.3 Å². The highest BCUT2D eigenvalue weighted by Crippen LogP contribution is 2.17. The molecule has 1 aliphatic heterocycles. The molecule has 1 aliphatic carbocycles. The number of hydrogen-bond acceptors (Lipinski definition) is 4. The Bertz CT molecular complexity index is 706. The van der Waals surface area contributed by atoms with Crippen molar-refractivity contribution < 1.29 is 8.42 Å². The van der Waals surface area contributed by atoms with Crippen LogP contribution in [0.2, 0.25) is 0 Å². The molecular weight excluding hydrogens is 316 g/mol. The molecule has 23 heavy (non-hydrogen) atoms. The van der Waals surface area contributed by atoms with Crippen LogP contribution < -0.4 is 10.3 Å². The van der Waals surface area contributed by atoms with E-state index in [4.69, 9.17) is 0 Å². The van der Waals surface area contributed by atoms with E-state index in [1.807, 2.05) is 0 Å². The smallest absolute Gasteiger partial charge is 0.268 e. The van der Waals surface area contributed by atoms with Gasteiger partial charge in [0, 0.05) is 25.7 Å². The Morgan fingerprint density at radius 3 is 2.57 bits per heavy atom. The maximum Gasteiger partial charge on any atom is 0.279 e. The summed E-state index contributed by atoms with van der Waals surface area (Å²) in [6.07, 6.45) is 6.84. The maximum atomic E-state index is 12.3. The van der Waals surface area contributed by atoms with Crippen molar-refractivity contribution in [1.82, 2.24) is 18.8 Å². The summed E-state index contributed by atoms with van der Waals surface area (Å²) in [5.74, 6) is 0. The number of fused-ring (bicyclic) bond motifs is 1. The van der Waals surface area contributed by atoms with Gasteiger partial charge in [0.05, 0.1) is 12.2 Å². The summed E-state index contributed by atoms with van der Waals surface area (Å²) in [5.41, 5.74) is 1.86. The lowest BCUT2D eigenvalue weighted by Crippen LogP contribution is -2.43. The van der Waals surface area contributed by atoms with Gasteiger partial charge in [0.1, 0.15) is 0 Å². The number of rotatable bonds is 5. The highest BCUT2D eigenvalue weighted by molar-refractivity contribution is 7.87. The highest BCUT2D eigenvalue weighted by Gasteiger charge is 2.22. The predicted octanol–water partition coefficient (Wildman–Crippen LogP) is 0.442. The third kappa shape index (κ3) is 3.99. The summed E-state index contributed by atoms with van der Waals surface area (Å²) in [6, 6.07) is 1.64. The van der Waals surface area contributed by atoms with Gasteiger partial charge >= 0.3 is 0 Å². The van der Waals surface area contributed by atoms with E-state index >= 15 is 0 Å². The molecule has 0 aromatic carbocycles. The summed E-state index contributed by atoms with van der Waals surface area (Å²) in [6.45, 7) is 1.60. The zero-order valence-corrected chi connectivity index (χ0v) is 14.1. The second kappa shape index (κ2) is 7.11. The summed E-state index contributed by atoms with van der Waals surface area (Å²) in [7, 11) is -3.46. The first-order valence-corrected chi connectivity index (χ1v) is 9.85. The van der Waals surface area contributed by atoms with E-state index in [1.54, 1.807) is 6.07 Å². The molecule has 0 spiro atoms. The zero-order chi connectivity index (χ0) is 16.3. The number of nitrogens with zero attached hydrogens (tertiary/aromatic N) is 3. The maximum absolute atomic E-state index is 12.3. The largest absolute Gasteiger partial charge is 0.279 e. The second-order valence-corrected chi connectivity index (χ2v) is 8.00. The molecule has 0 saturated carbocycles. The van der Waals surface area contributed by atoms with E-state index in [0.29, 0.717) is 13.1 Å². The second-order valence-electron chi connectivity index (χ2n) is 6.24. The van der Waals surface area contributed by atoms with E-state index < -0.39 is 10.2 Å². The molecule has 0 bridgehead atoms. The van der Waals surface area contributed by atoms with Crippen molar-refractivity contribution in [3.63, 3.8) is 0 Å². The molecule has 2 aliphatic rings. The summed E-state index contributed by atoms with van der Waals surface area (Å²) in [4.78, 5) is 12.0. The molecule has 8 heteroatoms. The molecule has 1 aromatic rings. The van der Waals surface area contributed by atoms with Crippen LogP contribution in [-0.4, -0.2) is 42.1 Å². The number of hydrogen-bond donors (Lipinski definition) is 1. The normalized spacial score (nSPS) is 19.5. The lowest BCUT2D eigenvalue weighted by molar-refractivity contribution is 0.412. The van der Waals surface area contributed by atoms with Gasteiger partial charge in [0.2, 0.25) is 0 Å². The van der Waals surface area contributed by atoms with E-state index in [0.717, 1.165) is 56.2 Å². The van der Waals surface area contributed by atoms with Crippen LogP contribution in [0.1, 0.15) is 43.4 Å². The lowest BCUT2D eigenvalue weighted by Gasteiger charge is -2.20. The molecule has 128 valence electrons. The van der Waals surface area contributed by atoms with Gasteiger partial charge in [-0.3, -0.25) is 4.79 Å². The first kappa shape index (κ1) is 16.6. The molecule has 1 N–H and O–H groups in total. The van der Waals surface area contributed by atoms with Gasteiger partial charge in [-0.15, -0.1) is 0 Å². The Morgan fingerprint density at radius 1 is 1.09 bits per heavy atom. The van der Waals surface area contributed by atoms with Crippen LogP contribution in [0.25, 0.3) is 0 Å². The van der Waals surface area contributed by atoms with Gasteiger partial charge in [-0.1, -0.05) is 12.8 Å². The first-order chi connectivity index (χ1) is 11.1. The van der Waals surface area contributed by atoms with Gasteiger partial charge in [-0.2, -0.15) is 17.8 Å². The summed E-state index contributed by atoms with van der Waals surface area (Å²) in [5, 5.41) is 4.36. The van der Waals surface area contributed by atoms with E-state index in [-0.39, 0.29) is 18.6 Å². The summed E-state index contributed by atoms with van der Waals surface area (Å²) >= 11 is 0. The van der Waals surface area contributed by atoms with Crippen molar-refractivity contribution >= 4 is 10.2 Å². The molecule has 1 saturated heterocycles. The van der Waals surface area contributed by atoms with Crippen molar-refractivity contribution in [1.29, 1.82) is 0 Å². The van der Waals surface area contributed by atoms with Gasteiger partial charge in [0.25, 0.3) is 15.8 Å². The van der Waals surface area contributed by atoms with E-state index in [2.05, 4.69) is 9.82 Å². The van der Waals surface area contributed by atoms with Crippen molar-refractivity contribution in [2.24, 2.45) is 0 Å². The fourth-order valence-electron chi connectivity index (χ4n) is 3.25. The van der Waals surface area contributed by atoms with Crippen molar-refractivity contribution in [2.45, 2.75) is 51.5 Å². The fourth-order valence-corrected chi connectivity index (χ4v) is 4.52. The fraction of sp³-hybridized carbons (Fsp3) is 0.733. The van der Waals surface area contributed by atoms with Crippen molar-refractivity contribution in [3.05, 3.63) is 27.7 Å². The van der Waals surface area contributed by atoms with E-state index in [1.165, 1.54) is 8.99 Å². The minimum atomic E-state index is -3.46. The quantitative estimate of drug-likeness (QED) is 0.843. The van der Waals surface area contributed by atoms with Gasteiger partial charge < -0.3 is 0 Å². The third-order valence-corrected chi connectivity index (χ3v) is 6.15. The summed E-state index contributed by atoms with van der Waals surface area (Å²) < 4.78 is 30.1. The Morgan fingerprint density at radius 2 is 1.83 bits per heavy atom. The van der Waals surface area contributed by atoms with Gasteiger partial charge in [-0.25, -0.2) is 9.40 Å². The van der Waals surface area contributed by atoms with Crippen LogP contribution in [-0.2, 0) is 29.6 Å². The lowest BCUT2D eigenvalue weighted by atomic mass is 10.2. The van der Waals surface area contributed by atoms with Crippen molar-refractivity contribution in [2.75, 3.05) is 19.6 Å². The highest BCUT2D eigenvalue weighted by atomic mass is 32.2. The van der Waals surface area contributed by atoms with E-state index in [9.17, 15) is 13.2 Å². The standard InChI is InChI=1S/C15H24N4O3S/c20-15-12-13-6-5-7-14(13)17-19(15)11-8-16-23(21,22)18-9-3-1-2-4-10-18/h12,16H,1-11H2. The van der Waals surface area contributed by atoms with Crippen LogP contribution in [0, 0.1) is 0 Å². The Hall–Kier alpha value is -1.25. The van der Waals surface area contributed by atoms with Crippen LogP contribution in [0.15, 0.2) is 10.9 Å². The zero-order valence-electron chi connectivity index (χ0n) is 13.3. The molecule has 3 rings (SSSR count). The van der Waals surface area contributed by atoms with Gasteiger partial charge in [0.15, 0.2) is 0 Å². The molecule has 0 radical (unpaired) electrons. The molecule has 7 nitrogen and oxygen atoms in total. The van der Waals surface area contributed by atoms with Crippen LogP contribution >= 0.6 is 0 Å². The Balaban J connectivity index is 1.59. The number of nitrogens with one attached hydrogen (secondary N) is 1. The molecular formula is C15H24N4O3S. The number of aryl methyl sites for hydroxylation is 2. The minimum absolute atomic E-state index is 0.153. The van der Waals surface area contributed by atoms with Gasteiger partial charge in [-0.05, 0) is 37.7 Å². The van der Waals surface area contributed by atoms with Crippen LogP contribution in [0.4, 0.5) is 0 Å².